The lowest BCUT2D eigenvalue weighted by atomic mass is 9.98. The molecule has 0 saturated carbocycles. The van der Waals surface area contributed by atoms with Crippen LogP contribution < -0.4 is 10.1 Å². The minimum atomic E-state index is -0.326. The van der Waals surface area contributed by atoms with Gasteiger partial charge in [0.1, 0.15) is 16.6 Å². The van der Waals surface area contributed by atoms with Gasteiger partial charge < -0.3 is 15.0 Å². The molecule has 1 aliphatic rings. The Hall–Kier alpha value is -3.00. The minimum absolute atomic E-state index is 0.165. The molecule has 1 fully saturated rings. The van der Waals surface area contributed by atoms with E-state index in [-0.39, 0.29) is 17.8 Å². The molecule has 1 saturated heterocycles. The molecular weight excluding hydrogens is 391 g/mol. The molecule has 4 rings (SSSR count). The van der Waals surface area contributed by atoms with Gasteiger partial charge in [-0.25, -0.2) is 9.18 Å². The largest absolute Gasteiger partial charge is 0.496 e. The number of rotatable bonds is 4. The molecule has 0 bridgehead atoms. The first-order chi connectivity index (χ1) is 14.1. The van der Waals surface area contributed by atoms with Crippen molar-refractivity contribution >= 4 is 23.1 Å². The summed E-state index contributed by atoms with van der Waals surface area (Å²) in [7, 11) is 1.65. The molecule has 0 aliphatic carbocycles. The van der Waals surface area contributed by atoms with Crippen molar-refractivity contribution in [3.63, 3.8) is 0 Å². The standard InChI is InChI=1S/C21H21FN4O2S/c1-28-18-5-3-2-4-17(18)20-25-24-19(29-20)14-10-12-26(13-11-14)21(27)23-16-8-6-15(22)7-9-16/h2-9,14H,10-13H2,1H3,(H,23,27). The number of anilines is 1. The summed E-state index contributed by atoms with van der Waals surface area (Å²) in [6, 6.07) is 13.4. The first kappa shape index (κ1) is 19.3. The van der Waals surface area contributed by atoms with Crippen molar-refractivity contribution in [2.45, 2.75) is 18.8 Å². The molecule has 8 heteroatoms. The van der Waals surface area contributed by atoms with E-state index in [4.69, 9.17) is 4.74 Å². The molecule has 2 heterocycles. The summed E-state index contributed by atoms with van der Waals surface area (Å²) in [5.74, 6) is 0.738. The predicted molar refractivity (Wildman–Crippen MR) is 111 cm³/mol. The van der Waals surface area contributed by atoms with E-state index in [2.05, 4.69) is 15.5 Å². The van der Waals surface area contributed by atoms with Gasteiger partial charge in [-0.15, -0.1) is 10.2 Å². The lowest BCUT2D eigenvalue weighted by Gasteiger charge is -2.30. The molecule has 0 radical (unpaired) electrons. The van der Waals surface area contributed by atoms with Crippen LogP contribution in [0.5, 0.6) is 5.75 Å². The summed E-state index contributed by atoms with van der Waals surface area (Å²) < 4.78 is 18.4. The quantitative estimate of drug-likeness (QED) is 0.671. The average Bonchev–Trinajstić information content (AvgIpc) is 3.25. The number of benzene rings is 2. The third-order valence-corrected chi connectivity index (χ3v) is 6.12. The second kappa shape index (κ2) is 8.57. The molecule has 2 amide bonds. The van der Waals surface area contributed by atoms with Gasteiger partial charge in [-0.3, -0.25) is 0 Å². The monoisotopic (exact) mass is 412 g/mol. The number of nitrogens with zero attached hydrogens (tertiary/aromatic N) is 3. The zero-order valence-electron chi connectivity index (χ0n) is 16.0. The van der Waals surface area contributed by atoms with Crippen molar-refractivity contribution in [1.82, 2.24) is 15.1 Å². The van der Waals surface area contributed by atoms with Crippen LogP contribution in [0.15, 0.2) is 48.5 Å². The summed E-state index contributed by atoms with van der Waals surface area (Å²) >= 11 is 1.58. The van der Waals surface area contributed by atoms with Gasteiger partial charge in [0, 0.05) is 24.7 Å². The van der Waals surface area contributed by atoms with Gasteiger partial charge in [0.15, 0.2) is 5.01 Å². The van der Waals surface area contributed by atoms with Gasteiger partial charge >= 0.3 is 6.03 Å². The second-order valence-electron chi connectivity index (χ2n) is 6.84. The van der Waals surface area contributed by atoms with Crippen LogP contribution in [-0.4, -0.2) is 41.3 Å². The maximum absolute atomic E-state index is 13.0. The number of likely N-dealkylation sites (tertiary alicyclic amines) is 1. The van der Waals surface area contributed by atoms with Gasteiger partial charge in [-0.2, -0.15) is 0 Å². The van der Waals surface area contributed by atoms with Crippen LogP contribution in [0.25, 0.3) is 10.6 Å². The maximum Gasteiger partial charge on any atom is 0.321 e. The van der Waals surface area contributed by atoms with Crippen molar-refractivity contribution in [2.75, 3.05) is 25.5 Å². The Bertz CT molecular complexity index is 984. The number of ether oxygens (including phenoxy) is 1. The summed E-state index contributed by atoms with van der Waals surface area (Å²) in [5.41, 5.74) is 1.53. The Morgan fingerprint density at radius 1 is 1.14 bits per heavy atom. The van der Waals surface area contributed by atoms with Crippen LogP contribution in [0.4, 0.5) is 14.9 Å². The molecule has 0 spiro atoms. The molecule has 3 aromatic rings. The van der Waals surface area contributed by atoms with Gasteiger partial charge in [-0.05, 0) is 49.2 Å². The van der Waals surface area contributed by atoms with Gasteiger partial charge in [0.05, 0.1) is 12.7 Å². The van der Waals surface area contributed by atoms with E-state index in [9.17, 15) is 9.18 Å². The number of hydrogen-bond acceptors (Lipinski definition) is 5. The highest BCUT2D eigenvalue weighted by Gasteiger charge is 2.26. The van der Waals surface area contributed by atoms with E-state index in [0.29, 0.717) is 18.8 Å². The Labute approximate surface area is 172 Å². The number of urea groups is 1. The van der Waals surface area contributed by atoms with Crippen molar-refractivity contribution in [3.8, 4) is 16.3 Å². The topological polar surface area (TPSA) is 67.4 Å². The highest BCUT2D eigenvalue weighted by Crippen LogP contribution is 2.36. The zero-order valence-corrected chi connectivity index (χ0v) is 16.8. The van der Waals surface area contributed by atoms with Crippen molar-refractivity contribution in [2.24, 2.45) is 0 Å². The molecule has 0 unspecified atom stereocenters. The smallest absolute Gasteiger partial charge is 0.321 e. The second-order valence-corrected chi connectivity index (χ2v) is 7.85. The third kappa shape index (κ3) is 4.37. The van der Waals surface area contributed by atoms with Crippen molar-refractivity contribution in [3.05, 3.63) is 59.4 Å². The Morgan fingerprint density at radius 2 is 1.86 bits per heavy atom. The molecule has 150 valence electrons. The zero-order chi connectivity index (χ0) is 20.2. The lowest BCUT2D eigenvalue weighted by Crippen LogP contribution is -2.40. The Kier molecular flexibility index (Phi) is 5.71. The molecule has 6 nitrogen and oxygen atoms in total. The van der Waals surface area contributed by atoms with Crippen LogP contribution in [0, 0.1) is 5.82 Å². The number of nitrogens with one attached hydrogen (secondary N) is 1. The summed E-state index contributed by atoms with van der Waals surface area (Å²) in [4.78, 5) is 14.2. The fraction of sp³-hybridized carbons (Fsp3) is 0.286. The number of para-hydroxylation sites is 1. The average molecular weight is 412 g/mol. The SMILES string of the molecule is COc1ccccc1-c1nnc(C2CCN(C(=O)Nc3ccc(F)cc3)CC2)s1. The van der Waals surface area contributed by atoms with Gasteiger partial charge in [0.25, 0.3) is 0 Å². The number of carbonyl (C=O) groups excluding carboxylic acids is 1. The Balaban J connectivity index is 1.37. The van der Waals surface area contributed by atoms with Gasteiger partial charge in [0.2, 0.25) is 0 Å². The molecule has 1 aliphatic heterocycles. The van der Waals surface area contributed by atoms with Crippen LogP contribution in [0.2, 0.25) is 0 Å². The highest BCUT2D eigenvalue weighted by atomic mass is 32.1. The number of amides is 2. The first-order valence-electron chi connectivity index (χ1n) is 9.42. The van der Waals surface area contributed by atoms with Crippen molar-refractivity contribution < 1.29 is 13.9 Å². The van der Waals surface area contributed by atoms with E-state index >= 15 is 0 Å². The number of piperidine rings is 1. The number of carbonyl (C=O) groups is 1. The Morgan fingerprint density at radius 3 is 2.59 bits per heavy atom. The van der Waals surface area contributed by atoms with E-state index < -0.39 is 0 Å². The maximum atomic E-state index is 13.0. The molecule has 1 aromatic heterocycles. The molecule has 29 heavy (non-hydrogen) atoms. The van der Waals surface area contributed by atoms with E-state index in [1.54, 1.807) is 35.5 Å². The minimum Gasteiger partial charge on any atom is -0.496 e. The molecule has 1 N–H and O–H groups in total. The van der Waals surface area contributed by atoms with Crippen LogP contribution in [0.1, 0.15) is 23.8 Å². The van der Waals surface area contributed by atoms with E-state index in [1.807, 2.05) is 24.3 Å². The molecule has 2 aromatic carbocycles. The normalized spacial score (nSPS) is 14.6. The summed E-state index contributed by atoms with van der Waals surface area (Å²) in [6.07, 6.45) is 1.66. The van der Waals surface area contributed by atoms with Crippen LogP contribution >= 0.6 is 11.3 Å². The van der Waals surface area contributed by atoms with Crippen molar-refractivity contribution in [1.29, 1.82) is 0 Å². The van der Waals surface area contributed by atoms with Crippen LogP contribution in [0.3, 0.4) is 0 Å². The fourth-order valence-corrected chi connectivity index (χ4v) is 4.44. The number of halogens is 1. The number of aromatic nitrogens is 2. The third-order valence-electron chi connectivity index (χ3n) is 5.00. The lowest BCUT2D eigenvalue weighted by molar-refractivity contribution is 0.194. The summed E-state index contributed by atoms with van der Waals surface area (Å²) in [6.45, 7) is 1.28. The van der Waals surface area contributed by atoms with Gasteiger partial charge in [-0.1, -0.05) is 23.5 Å². The van der Waals surface area contributed by atoms with E-state index in [1.165, 1.54) is 12.1 Å². The number of methoxy groups -OCH3 is 1. The fourth-order valence-electron chi connectivity index (χ4n) is 3.40. The molecule has 0 atom stereocenters. The highest BCUT2D eigenvalue weighted by molar-refractivity contribution is 7.14. The van der Waals surface area contributed by atoms with E-state index in [0.717, 1.165) is 34.2 Å². The predicted octanol–water partition coefficient (Wildman–Crippen LogP) is 4.76. The number of hydrogen-bond donors (Lipinski definition) is 1. The summed E-state index contributed by atoms with van der Waals surface area (Å²) in [5, 5.41) is 13.4. The molecular formula is C21H21FN4O2S. The van der Waals surface area contributed by atoms with Crippen LogP contribution in [-0.2, 0) is 0 Å². The first-order valence-corrected chi connectivity index (χ1v) is 10.2.